The minimum absolute atomic E-state index is 0. The van der Waals surface area contributed by atoms with Crippen LogP contribution in [0.5, 0.6) is 11.5 Å². The van der Waals surface area contributed by atoms with Gasteiger partial charge in [0.25, 0.3) is 0 Å². The van der Waals surface area contributed by atoms with Gasteiger partial charge in [-0.3, -0.25) is 4.79 Å². The normalized spacial score (nSPS) is 13.9. The number of carbonyl (C=O) groups is 1. The van der Waals surface area contributed by atoms with Crippen molar-refractivity contribution in [1.29, 1.82) is 0 Å². The van der Waals surface area contributed by atoms with Crippen molar-refractivity contribution in [2.45, 2.75) is 4.83 Å². The molecule has 0 fully saturated rings. The van der Waals surface area contributed by atoms with Gasteiger partial charge in [-0.1, -0.05) is 22.0 Å². The first-order chi connectivity index (χ1) is 7.22. The fraction of sp³-hybridized carbons (Fsp3) is 0.300. The third-order valence-corrected chi connectivity index (χ3v) is 3.00. The van der Waals surface area contributed by atoms with E-state index in [1.807, 2.05) is 0 Å². The van der Waals surface area contributed by atoms with Gasteiger partial charge in [-0.15, -0.1) is 17.0 Å². The molecule has 88 valence electrons. The lowest BCUT2D eigenvalue weighted by molar-refractivity contribution is -0.139. The summed E-state index contributed by atoms with van der Waals surface area (Å²) in [7, 11) is 1.35. The highest BCUT2D eigenvalue weighted by atomic mass is 79.9. The lowest BCUT2D eigenvalue weighted by Crippen LogP contribution is -2.07. The summed E-state index contributed by atoms with van der Waals surface area (Å²) < 4.78 is 15.0. The van der Waals surface area contributed by atoms with E-state index in [-0.39, 0.29) is 29.7 Å². The third-order valence-electron chi connectivity index (χ3n) is 2.10. The Kier molecular flexibility index (Phi) is 4.61. The maximum Gasteiger partial charge on any atom is 0.324 e. The number of rotatable bonds is 2. The maximum absolute atomic E-state index is 11.3. The van der Waals surface area contributed by atoms with E-state index in [0.717, 1.165) is 5.56 Å². The summed E-state index contributed by atoms with van der Waals surface area (Å²) >= 11 is 3.25. The summed E-state index contributed by atoms with van der Waals surface area (Å²) in [5.74, 6) is 1.01. The van der Waals surface area contributed by atoms with Crippen LogP contribution in [0.25, 0.3) is 0 Å². The number of benzene rings is 1. The van der Waals surface area contributed by atoms with Crippen molar-refractivity contribution >= 4 is 38.9 Å². The zero-order valence-electron chi connectivity index (χ0n) is 8.44. The number of halogens is 2. The quantitative estimate of drug-likeness (QED) is 0.605. The van der Waals surface area contributed by atoms with Crippen LogP contribution < -0.4 is 9.47 Å². The number of ether oxygens (including phenoxy) is 3. The summed E-state index contributed by atoms with van der Waals surface area (Å²) in [4.78, 5) is 10.8. The molecule has 0 saturated carbocycles. The molecular weight excluding hydrogens is 344 g/mol. The van der Waals surface area contributed by atoms with E-state index in [1.54, 1.807) is 18.2 Å². The number of esters is 1. The average molecular weight is 354 g/mol. The van der Waals surface area contributed by atoms with Crippen molar-refractivity contribution in [2.75, 3.05) is 13.9 Å². The van der Waals surface area contributed by atoms with Crippen molar-refractivity contribution in [3.63, 3.8) is 0 Å². The molecule has 0 N–H and O–H groups in total. The molecule has 1 atom stereocenters. The molecule has 1 aliphatic rings. The van der Waals surface area contributed by atoms with Crippen LogP contribution >= 0.6 is 32.9 Å². The molecule has 0 aliphatic carbocycles. The van der Waals surface area contributed by atoms with Crippen LogP contribution in [0, 0.1) is 0 Å². The third kappa shape index (κ3) is 2.49. The predicted molar refractivity (Wildman–Crippen MR) is 66.6 cm³/mol. The molecule has 6 heteroatoms. The number of methoxy groups -OCH3 is 1. The number of carbonyl (C=O) groups excluding carboxylic acids is 1. The lowest BCUT2D eigenvalue weighted by Gasteiger charge is -2.08. The van der Waals surface area contributed by atoms with Gasteiger partial charge >= 0.3 is 5.97 Å². The molecule has 0 bridgehead atoms. The van der Waals surface area contributed by atoms with Crippen LogP contribution in [0.3, 0.4) is 0 Å². The van der Waals surface area contributed by atoms with E-state index in [2.05, 4.69) is 20.7 Å². The molecular formula is C10H10Br2O4. The fourth-order valence-corrected chi connectivity index (χ4v) is 1.78. The second-order valence-electron chi connectivity index (χ2n) is 3.00. The number of fused-ring (bicyclic) bond motifs is 1. The van der Waals surface area contributed by atoms with Crippen LogP contribution in [-0.2, 0) is 9.53 Å². The van der Waals surface area contributed by atoms with Crippen molar-refractivity contribution in [2.24, 2.45) is 0 Å². The van der Waals surface area contributed by atoms with Gasteiger partial charge < -0.3 is 14.2 Å². The zero-order chi connectivity index (χ0) is 10.8. The van der Waals surface area contributed by atoms with Gasteiger partial charge in [-0.2, -0.15) is 0 Å². The van der Waals surface area contributed by atoms with Gasteiger partial charge in [0.05, 0.1) is 7.11 Å². The number of hydrogen-bond acceptors (Lipinski definition) is 4. The summed E-state index contributed by atoms with van der Waals surface area (Å²) in [5.41, 5.74) is 0.783. The fourth-order valence-electron chi connectivity index (χ4n) is 1.31. The Morgan fingerprint density at radius 2 is 2.12 bits per heavy atom. The molecule has 0 aromatic heterocycles. The highest BCUT2D eigenvalue weighted by Gasteiger charge is 2.21. The monoisotopic (exact) mass is 352 g/mol. The van der Waals surface area contributed by atoms with Crippen LogP contribution in [0.2, 0.25) is 0 Å². The minimum Gasteiger partial charge on any atom is -0.468 e. The topological polar surface area (TPSA) is 44.8 Å². The Morgan fingerprint density at radius 3 is 2.81 bits per heavy atom. The largest absolute Gasteiger partial charge is 0.468 e. The van der Waals surface area contributed by atoms with E-state index in [9.17, 15) is 4.79 Å². The van der Waals surface area contributed by atoms with Gasteiger partial charge in [-0.05, 0) is 17.7 Å². The lowest BCUT2D eigenvalue weighted by atomic mass is 10.1. The zero-order valence-corrected chi connectivity index (χ0v) is 11.7. The predicted octanol–water partition coefficient (Wildman–Crippen LogP) is 2.60. The van der Waals surface area contributed by atoms with E-state index >= 15 is 0 Å². The van der Waals surface area contributed by atoms with E-state index in [0.29, 0.717) is 11.5 Å². The number of alkyl halides is 1. The Hall–Kier alpha value is -0.750. The molecule has 0 saturated heterocycles. The molecule has 0 amide bonds. The minimum atomic E-state index is -0.475. The Labute approximate surface area is 112 Å². The molecule has 1 unspecified atom stereocenters. The maximum atomic E-state index is 11.3. The summed E-state index contributed by atoms with van der Waals surface area (Å²) in [6.45, 7) is 0.226. The van der Waals surface area contributed by atoms with Crippen LogP contribution in [0.1, 0.15) is 10.4 Å². The van der Waals surface area contributed by atoms with Crippen LogP contribution in [-0.4, -0.2) is 19.9 Å². The standard InChI is InChI=1S/C10H9BrO4.BrH/c1-13-10(12)9(11)6-2-3-7-8(4-6)15-5-14-7;/h2-4,9H,5H2,1H3;1H. The highest BCUT2D eigenvalue weighted by Crippen LogP contribution is 2.36. The summed E-state index contributed by atoms with van der Waals surface area (Å²) in [5, 5.41) is 0. The Morgan fingerprint density at radius 1 is 1.44 bits per heavy atom. The smallest absolute Gasteiger partial charge is 0.324 e. The molecule has 1 aromatic rings. The SMILES string of the molecule is Br.COC(=O)C(Br)c1ccc2c(c1)OCO2. The first kappa shape index (κ1) is 13.3. The van der Waals surface area contributed by atoms with E-state index in [4.69, 9.17) is 9.47 Å². The highest BCUT2D eigenvalue weighted by molar-refractivity contribution is 9.09. The molecule has 4 nitrogen and oxygen atoms in total. The molecule has 16 heavy (non-hydrogen) atoms. The van der Waals surface area contributed by atoms with Gasteiger partial charge in [-0.25, -0.2) is 0 Å². The molecule has 0 spiro atoms. The molecule has 2 rings (SSSR count). The van der Waals surface area contributed by atoms with Crippen molar-refractivity contribution in [3.8, 4) is 11.5 Å². The second kappa shape index (κ2) is 5.54. The van der Waals surface area contributed by atoms with E-state index < -0.39 is 4.83 Å². The van der Waals surface area contributed by atoms with Gasteiger partial charge in [0.2, 0.25) is 6.79 Å². The van der Waals surface area contributed by atoms with Gasteiger partial charge in [0, 0.05) is 0 Å². The Bertz CT molecular complexity index is 394. The first-order valence-corrected chi connectivity index (χ1v) is 5.25. The van der Waals surface area contributed by atoms with Crippen molar-refractivity contribution in [3.05, 3.63) is 23.8 Å². The van der Waals surface area contributed by atoms with Gasteiger partial charge in [0.15, 0.2) is 11.5 Å². The van der Waals surface area contributed by atoms with Gasteiger partial charge in [0.1, 0.15) is 4.83 Å². The summed E-state index contributed by atoms with van der Waals surface area (Å²) in [6, 6.07) is 5.33. The number of hydrogen-bond donors (Lipinski definition) is 0. The van der Waals surface area contributed by atoms with Crippen LogP contribution in [0.4, 0.5) is 0 Å². The van der Waals surface area contributed by atoms with Crippen LogP contribution in [0.15, 0.2) is 18.2 Å². The second-order valence-corrected chi connectivity index (χ2v) is 3.91. The van der Waals surface area contributed by atoms with Crippen molar-refractivity contribution in [1.82, 2.24) is 0 Å². The molecule has 0 radical (unpaired) electrons. The Balaban J connectivity index is 0.00000128. The molecule has 1 aromatic carbocycles. The molecule has 1 heterocycles. The average Bonchev–Trinajstić information content (AvgIpc) is 2.73. The first-order valence-electron chi connectivity index (χ1n) is 4.34. The van der Waals surface area contributed by atoms with Crippen molar-refractivity contribution < 1.29 is 19.0 Å². The summed E-state index contributed by atoms with van der Waals surface area (Å²) in [6.07, 6.45) is 0. The van der Waals surface area contributed by atoms with E-state index in [1.165, 1.54) is 7.11 Å². The molecule has 1 aliphatic heterocycles.